The second-order valence-electron chi connectivity index (χ2n) is 6.32. The van der Waals surface area contributed by atoms with Gasteiger partial charge in [-0.2, -0.15) is 0 Å². The Hall–Kier alpha value is -3.80. The molecule has 3 aromatic carbocycles. The van der Waals surface area contributed by atoms with Crippen molar-refractivity contribution in [1.29, 1.82) is 0 Å². The molecule has 2 amide bonds. The Morgan fingerprint density at radius 2 is 1.34 bits per heavy atom. The minimum absolute atomic E-state index is 0.399. The fraction of sp³-hybridized carbons (Fsp3) is 0.130. The maximum absolute atomic E-state index is 12.2. The lowest BCUT2D eigenvalue weighted by Gasteiger charge is -2.15. The van der Waals surface area contributed by atoms with Gasteiger partial charge in [-0.05, 0) is 54.4 Å². The summed E-state index contributed by atoms with van der Waals surface area (Å²) in [6, 6.07) is 24.0. The second kappa shape index (κ2) is 9.41. The predicted octanol–water partition coefficient (Wildman–Crippen LogP) is 3.59. The van der Waals surface area contributed by atoms with Crippen LogP contribution in [0.25, 0.3) is 11.1 Å². The van der Waals surface area contributed by atoms with E-state index in [0.29, 0.717) is 17.1 Å². The number of carbonyl (C=O) groups excluding carboxylic acids is 2. The molecule has 6 nitrogen and oxygen atoms in total. The fourth-order valence-corrected chi connectivity index (χ4v) is 2.65. The van der Waals surface area contributed by atoms with E-state index in [2.05, 4.69) is 10.9 Å². The van der Waals surface area contributed by atoms with Gasteiger partial charge in [0.2, 0.25) is 0 Å². The van der Waals surface area contributed by atoms with Crippen LogP contribution in [0.2, 0.25) is 0 Å². The van der Waals surface area contributed by atoms with Gasteiger partial charge >= 0.3 is 0 Å². The van der Waals surface area contributed by atoms with Crippen molar-refractivity contribution in [3.05, 3.63) is 84.4 Å². The number of ether oxygens (including phenoxy) is 2. The molecule has 0 saturated carbocycles. The van der Waals surface area contributed by atoms with E-state index in [1.807, 2.05) is 54.6 Å². The molecule has 0 aliphatic rings. The van der Waals surface area contributed by atoms with E-state index in [1.165, 1.54) is 0 Å². The van der Waals surface area contributed by atoms with Crippen LogP contribution in [-0.4, -0.2) is 25.0 Å². The number of rotatable bonds is 6. The fourth-order valence-electron chi connectivity index (χ4n) is 2.65. The van der Waals surface area contributed by atoms with Gasteiger partial charge in [-0.1, -0.05) is 42.5 Å². The number of methoxy groups -OCH3 is 1. The molecule has 148 valence electrons. The molecular weight excluding hydrogens is 368 g/mol. The normalized spacial score (nSPS) is 11.2. The van der Waals surface area contributed by atoms with Crippen LogP contribution in [-0.2, 0) is 4.79 Å². The summed E-state index contributed by atoms with van der Waals surface area (Å²) in [4.78, 5) is 24.3. The Balaban J connectivity index is 1.51. The van der Waals surface area contributed by atoms with Crippen LogP contribution in [0.5, 0.6) is 11.5 Å². The van der Waals surface area contributed by atoms with Crippen LogP contribution < -0.4 is 20.3 Å². The molecule has 6 heteroatoms. The highest BCUT2D eigenvalue weighted by Crippen LogP contribution is 2.22. The molecule has 0 aromatic heterocycles. The molecule has 0 aliphatic heterocycles. The van der Waals surface area contributed by atoms with E-state index in [9.17, 15) is 9.59 Å². The quantitative estimate of drug-likeness (QED) is 0.631. The molecule has 0 fully saturated rings. The average Bonchev–Trinajstić information content (AvgIpc) is 2.78. The number of hydrogen-bond acceptors (Lipinski definition) is 4. The van der Waals surface area contributed by atoms with Crippen molar-refractivity contribution in [3.8, 4) is 22.6 Å². The number of amides is 2. The summed E-state index contributed by atoms with van der Waals surface area (Å²) in [5, 5.41) is 0. The first-order chi connectivity index (χ1) is 14.1. The molecule has 2 N–H and O–H groups in total. The molecule has 29 heavy (non-hydrogen) atoms. The Kier molecular flexibility index (Phi) is 6.47. The van der Waals surface area contributed by atoms with Crippen molar-refractivity contribution in [1.82, 2.24) is 10.9 Å². The summed E-state index contributed by atoms with van der Waals surface area (Å²) < 4.78 is 10.7. The summed E-state index contributed by atoms with van der Waals surface area (Å²) >= 11 is 0. The van der Waals surface area contributed by atoms with Gasteiger partial charge in [0, 0.05) is 5.56 Å². The number of hydrazine groups is 1. The molecule has 0 saturated heterocycles. The first kappa shape index (κ1) is 19.9. The Morgan fingerprint density at radius 3 is 1.97 bits per heavy atom. The van der Waals surface area contributed by atoms with Crippen molar-refractivity contribution < 1.29 is 19.1 Å². The number of carbonyl (C=O) groups is 2. The number of hydrogen-bond donors (Lipinski definition) is 2. The molecule has 0 radical (unpaired) electrons. The van der Waals surface area contributed by atoms with Crippen LogP contribution in [0.3, 0.4) is 0 Å². The van der Waals surface area contributed by atoms with E-state index in [0.717, 1.165) is 11.1 Å². The lowest BCUT2D eigenvalue weighted by atomic mass is 10.1. The van der Waals surface area contributed by atoms with E-state index in [-0.39, 0.29) is 0 Å². The summed E-state index contributed by atoms with van der Waals surface area (Å²) in [7, 11) is 1.55. The summed E-state index contributed by atoms with van der Waals surface area (Å²) in [6.07, 6.45) is -0.784. The van der Waals surface area contributed by atoms with E-state index >= 15 is 0 Å². The van der Waals surface area contributed by atoms with Crippen LogP contribution in [0, 0.1) is 0 Å². The topological polar surface area (TPSA) is 76.7 Å². The van der Waals surface area contributed by atoms with Gasteiger partial charge in [0.15, 0.2) is 6.10 Å². The Morgan fingerprint density at radius 1 is 0.759 bits per heavy atom. The lowest BCUT2D eigenvalue weighted by molar-refractivity contribution is -0.128. The molecule has 1 unspecified atom stereocenters. The maximum Gasteiger partial charge on any atom is 0.279 e. The highest BCUT2D eigenvalue weighted by Gasteiger charge is 2.16. The van der Waals surface area contributed by atoms with Crippen LogP contribution in [0.1, 0.15) is 17.3 Å². The number of nitrogens with one attached hydrogen (secondary N) is 2. The molecule has 0 heterocycles. The number of benzene rings is 3. The highest BCUT2D eigenvalue weighted by molar-refractivity contribution is 5.95. The van der Waals surface area contributed by atoms with Gasteiger partial charge in [-0.15, -0.1) is 0 Å². The van der Waals surface area contributed by atoms with Crippen molar-refractivity contribution >= 4 is 11.8 Å². The molecule has 0 aliphatic carbocycles. The largest absolute Gasteiger partial charge is 0.497 e. The van der Waals surface area contributed by atoms with Crippen LogP contribution in [0.15, 0.2) is 78.9 Å². The van der Waals surface area contributed by atoms with Gasteiger partial charge in [0.25, 0.3) is 11.8 Å². The van der Waals surface area contributed by atoms with E-state index in [4.69, 9.17) is 9.47 Å². The summed E-state index contributed by atoms with van der Waals surface area (Å²) in [6.45, 7) is 1.61. The predicted molar refractivity (Wildman–Crippen MR) is 111 cm³/mol. The Labute approximate surface area is 169 Å². The third kappa shape index (κ3) is 5.35. The SMILES string of the molecule is COc1ccc(C(=O)NNC(=O)C(C)Oc2ccc(-c3ccccc3)cc2)cc1. The summed E-state index contributed by atoms with van der Waals surface area (Å²) in [5.41, 5.74) is 7.31. The zero-order valence-corrected chi connectivity index (χ0v) is 16.2. The maximum atomic E-state index is 12.2. The smallest absolute Gasteiger partial charge is 0.279 e. The molecule has 3 aromatic rings. The van der Waals surface area contributed by atoms with Gasteiger partial charge in [0.1, 0.15) is 11.5 Å². The first-order valence-corrected chi connectivity index (χ1v) is 9.13. The van der Waals surface area contributed by atoms with Crippen LogP contribution in [0.4, 0.5) is 0 Å². The van der Waals surface area contributed by atoms with Crippen molar-refractivity contribution in [2.45, 2.75) is 13.0 Å². The van der Waals surface area contributed by atoms with Crippen molar-refractivity contribution in [3.63, 3.8) is 0 Å². The summed E-state index contributed by atoms with van der Waals surface area (Å²) in [5.74, 6) is 0.319. The average molecular weight is 390 g/mol. The second-order valence-corrected chi connectivity index (χ2v) is 6.32. The minimum atomic E-state index is -0.784. The minimum Gasteiger partial charge on any atom is -0.497 e. The van der Waals surface area contributed by atoms with E-state index < -0.39 is 17.9 Å². The molecule has 3 rings (SSSR count). The zero-order chi connectivity index (χ0) is 20.6. The molecule has 0 spiro atoms. The van der Waals surface area contributed by atoms with Crippen molar-refractivity contribution in [2.75, 3.05) is 7.11 Å². The molecule has 0 bridgehead atoms. The molecular formula is C23H22N2O4. The first-order valence-electron chi connectivity index (χ1n) is 9.13. The third-order valence-corrected chi connectivity index (χ3v) is 4.29. The van der Waals surface area contributed by atoms with Gasteiger partial charge in [-0.3, -0.25) is 20.4 Å². The standard InChI is InChI=1S/C23H22N2O4/c1-16(22(26)24-25-23(27)19-10-12-20(28-2)13-11-19)29-21-14-8-18(9-15-21)17-6-4-3-5-7-17/h3-16H,1-2H3,(H,24,26)(H,25,27). The molecule has 1 atom stereocenters. The van der Waals surface area contributed by atoms with Gasteiger partial charge < -0.3 is 9.47 Å². The Bertz CT molecular complexity index is 954. The van der Waals surface area contributed by atoms with Crippen LogP contribution >= 0.6 is 0 Å². The van der Waals surface area contributed by atoms with Crippen molar-refractivity contribution in [2.24, 2.45) is 0 Å². The lowest BCUT2D eigenvalue weighted by Crippen LogP contribution is -2.47. The third-order valence-electron chi connectivity index (χ3n) is 4.29. The van der Waals surface area contributed by atoms with E-state index in [1.54, 1.807) is 38.3 Å². The monoisotopic (exact) mass is 390 g/mol. The zero-order valence-electron chi connectivity index (χ0n) is 16.2. The van der Waals surface area contributed by atoms with Gasteiger partial charge in [-0.25, -0.2) is 0 Å². The van der Waals surface area contributed by atoms with Gasteiger partial charge in [0.05, 0.1) is 7.11 Å². The highest BCUT2D eigenvalue weighted by atomic mass is 16.5.